The first-order chi connectivity index (χ1) is 47.9. The number of rotatable bonds is 79. The SMILES string of the molecule is CCCCCCCCCCCCCCCCCCCCCCCCC(=O)O[C@H](COC(=O)CCCCCCCCCCCCCCCC(C)C)COP(=O)(O)OC[C@@H](O)COP(=O)(O)OC[C@@H](COC(=O)CCCCCCCCCCC)OC(=O)CCCCCCCCCCCC(C)C. The summed E-state index contributed by atoms with van der Waals surface area (Å²) in [5.41, 5.74) is 0. The van der Waals surface area contributed by atoms with E-state index in [0.717, 1.165) is 102 Å². The number of carbonyl (C=O) groups excluding carboxylic acids is 4. The number of aliphatic hydroxyl groups excluding tert-OH is 1. The molecule has 2 unspecified atom stereocenters. The molecule has 0 rings (SSSR count). The fourth-order valence-electron chi connectivity index (χ4n) is 12.4. The lowest BCUT2D eigenvalue weighted by atomic mass is 10.0. The number of phosphoric acid groups is 2. The molecule has 0 radical (unpaired) electrons. The average Bonchev–Trinajstić information content (AvgIpc) is 1.02. The highest BCUT2D eigenvalue weighted by molar-refractivity contribution is 7.47. The maximum Gasteiger partial charge on any atom is 0.472 e. The monoisotopic (exact) mass is 1450 g/mol. The number of hydrogen-bond donors (Lipinski definition) is 3. The van der Waals surface area contributed by atoms with Gasteiger partial charge in [-0.1, -0.05) is 369 Å². The van der Waals surface area contributed by atoms with Crippen molar-refractivity contribution in [2.24, 2.45) is 11.8 Å². The minimum Gasteiger partial charge on any atom is -0.462 e. The van der Waals surface area contributed by atoms with Crippen LogP contribution in [-0.2, 0) is 65.4 Å². The molecule has 0 aromatic heterocycles. The highest BCUT2D eigenvalue weighted by Gasteiger charge is 2.30. The number of ether oxygens (including phenoxy) is 4. The molecular formula is C80H156O17P2. The summed E-state index contributed by atoms with van der Waals surface area (Å²) in [5.74, 6) is -0.586. The van der Waals surface area contributed by atoms with Crippen LogP contribution >= 0.6 is 15.6 Å². The molecular weight excluding hydrogens is 1290 g/mol. The van der Waals surface area contributed by atoms with Crippen LogP contribution in [0.15, 0.2) is 0 Å². The van der Waals surface area contributed by atoms with E-state index in [1.165, 1.54) is 238 Å². The van der Waals surface area contributed by atoms with Crippen LogP contribution in [0.1, 0.15) is 420 Å². The van der Waals surface area contributed by atoms with Crippen LogP contribution in [0.4, 0.5) is 0 Å². The third-order valence-electron chi connectivity index (χ3n) is 18.7. The minimum absolute atomic E-state index is 0.105. The molecule has 0 saturated carbocycles. The number of phosphoric ester groups is 2. The van der Waals surface area contributed by atoms with E-state index in [1.807, 2.05) is 0 Å². The summed E-state index contributed by atoms with van der Waals surface area (Å²) in [7, 11) is -9.91. The van der Waals surface area contributed by atoms with E-state index in [-0.39, 0.29) is 25.7 Å². The molecule has 0 saturated heterocycles. The van der Waals surface area contributed by atoms with Gasteiger partial charge in [0.25, 0.3) is 0 Å². The smallest absolute Gasteiger partial charge is 0.462 e. The van der Waals surface area contributed by atoms with Crippen molar-refractivity contribution in [3.63, 3.8) is 0 Å². The van der Waals surface area contributed by atoms with Crippen LogP contribution in [0.5, 0.6) is 0 Å². The summed E-state index contributed by atoms with van der Waals surface area (Å²) in [6.45, 7) is 9.60. The molecule has 0 aromatic rings. The maximum absolute atomic E-state index is 13.1. The zero-order chi connectivity index (χ0) is 72.8. The zero-order valence-corrected chi connectivity index (χ0v) is 66.6. The van der Waals surface area contributed by atoms with Gasteiger partial charge in [-0.15, -0.1) is 0 Å². The number of unbranched alkanes of at least 4 members (excludes halogenated alkanes) is 49. The minimum atomic E-state index is -4.96. The normalized spacial score (nSPS) is 13.9. The summed E-state index contributed by atoms with van der Waals surface area (Å²) in [4.78, 5) is 72.9. The molecule has 0 heterocycles. The Bertz CT molecular complexity index is 1910. The Labute approximate surface area is 607 Å². The second-order valence-electron chi connectivity index (χ2n) is 29.8. The van der Waals surface area contributed by atoms with Gasteiger partial charge in [-0.2, -0.15) is 0 Å². The van der Waals surface area contributed by atoms with E-state index in [9.17, 15) is 43.2 Å². The van der Waals surface area contributed by atoms with Crippen molar-refractivity contribution >= 4 is 39.5 Å². The summed E-state index contributed by atoms with van der Waals surface area (Å²) in [6.07, 6.45) is 61.2. The first-order valence-electron chi connectivity index (χ1n) is 41.5. The first-order valence-corrected chi connectivity index (χ1v) is 44.5. The van der Waals surface area contributed by atoms with Gasteiger partial charge in [0.15, 0.2) is 12.2 Å². The molecule has 99 heavy (non-hydrogen) atoms. The van der Waals surface area contributed by atoms with E-state index in [0.29, 0.717) is 25.7 Å². The molecule has 0 spiro atoms. The highest BCUT2D eigenvalue weighted by atomic mass is 31.2. The molecule has 0 bridgehead atoms. The Kier molecular flexibility index (Phi) is 70.3. The lowest BCUT2D eigenvalue weighted by Crippen LogP contribution is -2.30. The molecule has 3 N–H and O–H groups in total. The van der Waals surface area contributed by atoms with Crippen molar-refractivity contribution < 1.29 is 80.2 Å². The predicted octanol–water partition coefficient (Wildman–Crippen LogP) is 23.9. The summed E-state index contributed by atoms with van der Waals surface area (Å²) in [5, 5.41) is 10.6. The van der Waals surface area contributed by atoms with E-state index in [1.54, 1.807) is 0 Å². The van der Waals surface area contributed by atoms with Crippen molar-refractivity contribution in [1.29, 1.82) is 0 Å². The standard InChI is InChI=1S/C80H156O17P2/c1-7-9-11-13-15-17-18-19-20-21-22-23-24-25-26-27-30-34-40-46-52-58-64-79(84)96-76(69-91-78(83)63-57-51-45-39-33-31-28-29-32-37-42-48-54-60-72(3)4)71-95-99(88,89)93-67-74(81)66-92-98(86,87)94-70-75(68-90-77(82)62-56-50-44-36-16-14-12-10-8-2)97-80(85)65-59-53-47-41-35-38-43-49-55-61-73(5)6/h72-76,81H,7-71H2,1-6H3,(H,86,87)(H,88,89)/t74-,75+,76+/m0/s1. The van der Waals surface area contributed by atoms with Gasteiger partial charge >= 0.3 is 39.5 Å². The summed E-state index contributed by atoms with van der Waals surface area (Å²) < 4.78 is 68.6. The Morgan fingerprint density at radius 3 is 0.687 bits per heavy atom. The second-order valence-corrected chi connectivity index (χ2v) is 32.7. The molecule has 0 fully saturated rings. The van der Waals surface area contributed by atoms with E-state index < -0.39 is 97.5 Å². The van der Waals surface area contributed by atoms with Gasteiger partial charge in [-0.3, -0.25) is 37.3 Å². The second kappa shape index (κ2) is 71.7. The first kappa shape index (κ1) is 97.1. The van der Waals surface area contributed by atoms with E-state index in [2.05, 4.69) is 41.5 Å². The van der Waals surface area contributed by atoms with Gasteiger partial charge in [0, 0.05) is 25.7 Å². The third kappa shape index (κ3) is 74.1. The maximum atomic E-state index is 13.1. The fourth-order valence-corrected chi connectivity index (χ4v) is 13.9. The van der Waals surface area contributed by atoms with E-state index in [4.69, 9.17) is 37.0 Å². The number of esters is 4. The molecule has 0 aromatic carbocycles. The molecule has 5 atom stereocenters. The van der Waals surface area contributed by atoms with Gasteiger partial charge in [0.2, 0.25) is 0 Å². The lowest BCUT2D eigenvalue weighted by molar-refractivity contribution is -0.161. The van der Waals surface area contributed by atoms with Crippen molar-refractivity contribution in [2.75, 3.05) is 39.6 Å². The van der Waals surface area contributed by atoms with Crippen LogP contribution in [0, 0.1) is 11.8 Å². The van der Waals surface area contributed by atoms with Gasteiger partial charge in [-0.05, 0) is 37.5 Å². The van der Waals surface area contributed by atoms with Crippen molar-refractivity contribution in [1.82, 2.24) is 0 Å². The largest absolute Gasteiger partial charge is 0.472 e. The molecule has 0 aliphatic rings. The van der Waals surface area contributed by atoms with Crippen molar-refractivity contribution in [2.45, 2.75) is 439 Å². The highest BCUT2D eigenvalue weighted by Crippen LogP contribution is 2.45. The molecule has 17 nitrogen and oxygen atoms in total. The molecule has 19 heteroatoms. The molecule has 588 valence electrons. The fraction of sp³-hybridized carbons (Fsp3) is 0.950. The lowest BCUT2D eigenvalue weighted by Gasteiger charge is -2.21. The van der Waals surface area contributed by atoms with Crippen LogP contribution in [0.2, 0.25) is 0 Å². The number of aliphatic hydroxyl groups is 1. The third-order valence-corrected chi connectivity index (χ3v) is 20.6. The zero-order valence-electron chi connectivity index (χ0n) is 64.8. The van der Waals surface area contributed by atoms with Crippen LogP contribution < -0.4 is 0 Å². The van der Waals surface area contributed by atoms with Crippen LogP contribution in [-0.4, -0.2) is 96.7 Å². The Morgan fingerprint density at radius 1 is 0.273 bits per heavy atom. The topological polar surface area (TPSA) is 237 Å². The molecule has 0 amide bonds. The van der Waals surface area contributed by atoms with Crippen LogP contribution in [0.3, 0.4) is 0 Å². The van der Waals surface area contributed by atoms with Gasteiger partial charge < -0.3 is 33.8 Å². The summed E-state index contributed by atoms with van der Waals surface area (Å²) in [6, 6.07) is 0. The van der Waals surface area contributed by atoms with E-state index >= 15 is 0 Å². The molecule has 0 aliphatic carbocycles. The van der Waals surface area contributed by atoms with Crippen molar-refractivity contribution in [3.05, 3.63) is 0 Å². The molecule has 0 aliphatic heterocycles. The number of hydrogen-bond acceptors (Lipinski definition) is 15. The summed E-state index contributed by atoms with van der Waals surface area (Å²) >= 11 is 0. The van der Waals surface area contributed by atoms with Gasteiger partial charge in [0.05, 0.1) is 26.4 Å². The van der Waals surface area contributed by atoms with Gasteiger partial charge in [-0.25, -0.2) is 9.13 Å². The Hall–Kier alpha value is -1.94. The van der Waals surface area contributed by atoms with Gasteiger partial charge in [0.1, 0.15) is 19.3 Å². The Morgan fingerprint density at radius 2 is 0.465 bits per heavy atom. The van der Waals surface area contributed by atoms with Crippen molar-refractivity contribution in [3.8, 4) is 0 Å². The Balaban J connectivity index is 5.19. The number of carbonyl (C=O) groups is 4. The quantitative estimate of drug-likeness (QED) is 0.0222. The van der Waals surface area contributed by atoms with Crippen LogP contribution in [0.25, 0.3) is 0 Å². The predicted molar refractivity (Wildman–Crippen MR) is 405 cm³/mol. The average molecular weight is 1450 g/mol.